The molecule has 1 aromatic heterocycles. The molecule has 2 heterocycles. The molecule has 0 amide bonds. The number of rotatable bonds is 7. The predicted molar refractivity (Wildman–Crippen MR) is 85.7 cm³/mol. The molecule has 118 valence electrons. The first-order chi connectivity index (χ1) is 10.2. The molecule has 1 aromatic rings. The Morgan fingerprint density at radius 3 is 2.62 bits per heavy atom. The van der Waals surface area contributed by atoms with Crippen LogP contribution in [0.4, 0.5) is 11.6 Å². The fourth-order valence-corrected chi connectivity index (χ4v) is 2.65. The zero-order chi connectivity index (χ0) is 15.1. The molecule has 1 atom stereocenters. The molecule has 1 saturated heterocycles. The van der Waals surface area contributed by atoms with Crippen molar-refractivity contribution in [2.45, 2.75) is 38.8 Å². The highest BCUT2D eigenvalue weighted by Crippen LogP contribution is 2.14. The third-order valence-electron chi connectivity index (χ3n) is 3.89. The van der Waals surface area contributed by atoms with Crippen LogP contribution in [0, 0.1) is 0 Å². The molecule has 0 aromatic carbocycles. The molecule has 0 aliphatic carbocycles. The maximum atomic E-state index is 5.11. The summed E-state index contributed by atoms with van der Waals surface area (Å²) in [5.41, 5.74) is 0. The zero-order valence-electron chi connectivity index (χ0n) is 13.4. The van der Waals surface area contributed by atoms with E-state index in [-0.39, 0.29) is 0 Å². The Bertz CT molecular complexity index is 434. The molecule has 0 spiro atoms. The van der Waals surface area contributed by atoms with Gasteiger partial charge in [-0.05, 0) is 32.9 Å². The van der Waals surface area contributed by atoms with Crippen LogP contribution < -0.4 is 10.6 Å². The number of methoxy groups -OCH3 is 1. The van der Waals surface area contributed by atoms with Crippen molar-refractivity contribution in [3.8, 4) is 0 Å². The molecule has 2 rings (SSSR count). The van der Waals surface area contributed by atoms with Gasteiger partial charge in [0.25, 0.3) is 0 Å². The van der Waals surface area contributed by atoms with Crippen molar-refractivity contribution in [1.82, 2.24) is 14.9 Å². The summed E-state index contributed by atoms with van der Waals surface area (Å²) >= 11 is 0. The van der Waals surface area contributed by atoms with Gasteiger partial charge in [-0.25, -0.2) is 9.97 Å². The summed E-state index contributed by atoms with van der Waals surface area (Å²) in [5, 5.41) is 6.49. The van der Waals surface area contributed by atoms with Gasteiger partial charge in [-0.3, -0.25) is 4.90 Å². The van der Waals surface area contributed by atoms with E-state index < -0.39 is 0 Å². The van der Waals surface area contributed by atoms with Crippen LogP contribution in [0.1, 0.15) is 32.0 Å². The van der Waals surface area contributed by atoms with E-state index in [0.717, 1.165) is 18.2 Å². The SMILES string of the molecule is CNc1cc(NCC(C)N2CCCCC2)nc(COC)n1. The standard InChI is InChI=1S/C15H27N5O/c1-12(20-7-5-4-6-8-20)10-17-14-9-13(16-2)18-15(19-14)11-21-3/h9,12H,4-8,10-11H2,1-3H3,(H2,16,17,18,19). The average molecular weight is 293 g/mol. The Morgan fingerprint density at radius 2 is 1.95 bits per heavy atom. The van der Waals surface area contributed by atoms with Crippen LogP contribution in [0.3, 0.4) is 0 Å². The number of ether oxygens (including phenoxy) is 1. The molecule has 6 heteroatoms. The lowest BCUT2D eigenvalue weighted by Crippen LogP contribution is -2.41. The maximum absolute atomic E-state index is 5.11. The van der Waals surface area contributed by atoms with Crippen LogP contribution in [-0.2, 0) is 11.3 Å². The summed E-state index contributed by atoms with van der Waals surface area (Å²) in [6.45, 7) is 6.01. The Hall–Kier alpha value is -1.40. The second-order valence-corrected chi connectivity index (χ2v) is 5.56. The molecule has 21 heavy (non-hydrogen) atoms. The first-order valence-corrected chi connectivity index (χ1v) is 7.75. The van der Waals surface area contributed by atoms with Crippen LogP contribution in [0.15, 0.2) is 6.07 Å². The second-order valence-electron chi connectivity index (χ2n) is 5.56. The van der Waals surface area contributed by atoms with E-state index in [0.29, 0.717) is 18.5 Å². The molecule has 1 aliphatic rings. The normalized spacial score (nSPS) is 17.5. The highest BCUT2D eigenvalue weighted by Gasteiger charge is 2.16. The number of anilines is 2. The zero-order valence-corrected chi connectivity index (χ0v) is 13.4. The average Bonchev–Trinajstić information content (AvgIpc) is 2.53. The van der Waals surface area contributed by atoms with Gasteiger partial charge >= 0.3 is 0 Å². The lowest BCUT2D eigenvalue weighted by atomic mass is 10.1. The van der Waals surface area contributed by atoms with Crippen molar-refractivity contribution >= 4 is 11.6 Å². The molecule has 0 bridgehead atoms. The summed E-state index contributed by atoms with van der Waals surface area (Å²) < 4.78 is 5.11. The van der Waals surface area contributed by atoms with Crippen molar-refractivity contribution in [3.05, 3.63) is 11.9 Å². The third kappa shape index (κ3) is 4.82. The van der Waals surface area contributed by atoms with Crippen LogP contribution >= 0.6 is 0 Å². The Balaban J connectivity index is 1.93. The molecule has 2 N–H and O–H groups in total. The number of hydrogen-bond acceptors (Lipinski definition) is 6. The van der Waals surface area contributed by atoms with E-state index in [1.165, 1.54) is 32.4 Å². The van der Waals surface area contributed by atoms with E-state index >= 15 is 0 Å². The minimum atomic E-state index is 0.422. The number of piperidine rings is 1. The van der Waals surface area contributed by atoms with Crippen LogP contribution in [0.25, 0.3) is 0 Å². The van der Waals surface area contributed by atoms with Crippen LogP contribution in [0.2, 0.25) is 0 Å². The minimum Gasteiger partial charge on any atom is -0.377 e. The largest absolute Gasteiger partial charge is 0.377 e. The molecule has 1 aliphatic heterocycles. The first kappa shape index (κ1) is 16.0. The Labute approximate surface area is 127 Å². The minimum absolute atomic E-state index is 0.422. The summed E-state index contributed by atoms with van der Waals surface area (Å²) in [6, 6.07) is 2.45. The summed E-state index contributed by atoms with van der Waals surface area (Å²) in [5.74, 6) is 2.35. The number of aromatic nitrogens is 2. The van der Waals surface area contributed by atoms with Crippen molar-refractivity contribution < 1.29 is 4.74 Å². The maximum Gasteiger partial charge on any atom is 0.158 e. The first-order valence-electron chi connectivity index (χ1n) is 7.75. The van der Waals surface area contributed by atoms with Crippen molar-refractivity contribution in [3.63, 3.8) is 0 Å². The fourth-order valence-electron chi connectivity index (χ4n) is 2.65. The fraction of sp³-hybridized carbons (Fsp3) is 0.733. The topological polar surface area (TPSA) is 62.3 Å². The second kappa shape index (κ2) is 8.14. The highest BCUT2D eigenvalue weighted by atomic mass is 16.5. The van der Waals surface area contributed by atoms with Gasteiger partial charge in [-0.2, -0.15) is 0 Å². The molecule has 1 fully saturated rings. The van der Waals surface area contributed by atoms with Gasteiger partial charge in [-0.1, -0.05) is 6.42 Å². The van der Waals surface area contributed by atoms with Gasteiger partial charge in [0, 0.05) is 32.8 Å². The van der Waals surface area contributed by atoms with Gasteiger partial charge in [-0.15, -0.1) is 0 Å². The highest BCUT2D eigenvalue weighted by molar-refractivity contribution is 5.47. The summed E-state index contributed by atoms with van der Waals surface area (Å²) in [7, 11) is 3.51. The van der Waals surface area contributed by atoms with Crippen molar-refractivity contribution in [2.75, 3.05) is 44.4 Å². The van der Waals surface area contributed by atoms with E-state index in [9.17, 15) is 0 Å². The molecule has 1 unspecified atom stereocenters. The van der Waals surface area contributed by atoms with Crippen LogP contribution in [0.5, 0.6) is 0 Å². The van der Waals surface area contributed by atoms with E-state index in [2.05, 4.69) is 32.4 Å². The van der Waals surface area contributed by atoms with E-state index in [4.69, 9.17) is 4.74 Å². The third-order valence-corrected chi connectivity index (χ3v) is 3.89. The molecule has 6 nitrogen and oxygen atoms in total. The van der Waals surface area contributed by atoms with E-state index in [1.54, 1.807) is 7.11 Å². The molecular formula is C15H27N5O. The number of nitrogens with one attached hydrogen (secondary N) is 2. The van der Waals surface area contributed by atoms with Gasteiger partial charge in [0.1, 0.15) is 18.2 Å². The van der Waals surface area contributed by atoms with Gasteiger partial charge < -0.3 is 15.4 Å². The van der Waals surface area contributed by atoms with Crippen molar-refractivity contribution in [2.24, 2.45) is 0 Å². The van der Waals surface area contributed by atoms with Gasteiger partial charge in [0.15, 0.2) is 5.82 Å². The summed E-state index contributed by atoms with van der Waals surface area (Å²) in [4.78, 5) is 11.4. The predicted octanol–water partition coefficient (Wildman–Crippen LogP) is 1.95. The Morgan fingerprint density at radius 1 is 1.24 bits per heavy atom. The lowest BCUT2D eigenvalue weighted by molar-refractivity contribution is 0.177. The Kier molecular flexibility index (Phi) is 6.20. The van der Waals surface area contributed by atoms with Crippen molar-refractivity contribution in [1.29, 1.82) is 0 Å². The molecular weight excluding hydrogens is 266 g/mol. The lowest BCUT2D eigenvalue weighted by Gasteiger charge is -2.32. The number of nitrogens with zero attached hydrogens (tertiary/aromatic N) is 3. The van der Waals surface area contributed by atoms with E-state index in [1.807, 2.05) is 13.1 Å². The van der Waals surface area contributed by atoms with Crippen LogP contribution in [-0.4, -0.2) is 54.7 Å². The van der Waals surface area contributed by atoms with Gasteiger partial charge in [0.05, 0.1) is 0 Å². The monoisotopic (exact) mass is 293 g/mol. The smallest absolute Gasteiger partial charge is 0.158 e. The number of likely N-dealkylation sites (tertiary alicyclic amines) is 1. The molecule has 0 radical (unpaired) electrons. The summed E-state index contributed by atoms with van der Waals surface area (Å²) in [6.07, 6.45) is 4.01. The quantitative estimate of drug-likeness (QED) is 0.801. The molecule has 0 saturated carbocycles. The number of hydrogen-bond donors (Lipinski definition) is 2. The van der Waals surface area contributed by atoms with Gasteiger partial charge in [0.2, 0.25) is 0 Å².